The molecule has 120 valence electrons. The average Bonchev–Trinajstić information content (AvgIpc) is 2.98. The molecule has 1 aliphatic heterocycles. The van der Waals surface area contributed by atoms with Crippen molar-refractivity contribution in [3.05, 3.63) is 52.1 Å². The maximum absolute atomic E-state index is 12.0. The zero-order chi connectivity index (χ0) is 16.4. The first-order valence-corrected chi connectivity index (χ1v) is 7.22. The van der Waals surface area contributed by atoms with Gasteiger partial charge in [0.05, 0.1) is 6.26 Å². The van der Waals surface area contributed by atoms with Crippen LogP contribution in [0.2, 0.25) is 0 Å². The lowest BCUT2D eigenvalue weighted by Gasteiger charge is -2.38. The number of hydrogen-bond donors (Lipinski definition) is 2. The van der Waals surface area contributed by atoms with Crippen molar-refractivity contribution in [1.29, 1.82) is 0 Å². The SMILES string of the molecule is Cc1nc(C(=O)NCC2CN(C(=O)c3ccco3)C2)cc(=O)[nH]1. The zero-order valence-corrected chi connectivity index (χ0v) is 12.5. The molecule has 0 spiro atoms. The van der Waals surface area contributed by atoms with Crippen molar-refractivity contribution < 1.29 is 14.0 Å². The molecule has 2 amide bonds. The molecule has 2 aromatic heterocycles. The highest BCUT2D eigenvalue weighted by molar-refractivity contribution is 5.93. The molecule has 0 saturated carbocycles. The first-order valence-electron chi connectivity index (χ1n) is 7.22. The van der Waals surface area contributed by atoms with Gasteiger partial charge in [-0.3, -0.25) is 14.4 Å². The van der Waals surface area contributed by atoms with Gasteiger partial charge in [0.15, 0.2) is 5.76 Å². The molecule has 0 atom stereocenters. The van der Waals surface area contributed by atoms with E-state index >= 15 is 0 Å². The summed E-state index contributed by atoms with van der Waals surface area (Å²) in [7, 11) is 0. The number of hydrogen-bond acceptors (Lipinski definition) is 5. The summed E-state index contributed by atoms with van der Waals surface area (Å²) >= 11 is 0. The molecule has 1 saturated heterocycles. The molecular weight excluding hydrogens is 300 g/mol. The lowest BCUT2D eigenvalue weighted by atomic mass is 9.99. The number of likely N-dealkylation sites (tertiary alicyclic amines) is 1. The van der Waals surface area contributed by atoms with Crippen LogP contribution in [0.15, 0.2) is 33.7 Å². The fourth-order valence-electron chi connectivity index (χ4n) is 2.44. The van der Waals surface area contributed by atoms with Crippen LogP contribution in [0.5, 0.6) is 0 Å². The van der Waals surface area contributed by atoms with E-state index in [9.17, 15) is 14.4 Å². The first kappa shape index (κ1) is 15.0. The van der Waals surface area contributed by atoms with Gasteiger partial charge in [0.2, 0.25) is 0 Å². The summed E-state index contributed by atoms with van der Waals surface area (Å²) in [6.45, 7) is 3.15. The standard InChI is InChI=1S/C15H16N4O4/c1-9-17-11(5-13(20)18-9)14(21)16-6-10-7-19(8-10)15(22)12-3-2-4-23-12/h2-5,10H,6-8H2,1H3,(H,16,21)(H,17,18,20). The van der Waals surface area contributed by atoms with Crippen molar-refractivity contribution in [3.8, 4) is 0 Å². The Balaban J connectivity index is 1.48. The van der Waals surface area contributed by atoms with Crippen LogP contribution in [0, 0.1) is 12.8 Å². The van der Waals surface area contributed by atoms with E-state index in [1.54, 1.807) is 24.0 Å². The summed E-state index contributed by atoms with van der Waals surface area (Å²) in [5, 5.41) is 2.73. The normalized spacial score (nSPS) is 14.4. The van der Waals surface area contributed by atoms with Crippen molar-refractivity contribution in [3.63, 3.8) is 0 Å². The van der Waals surface area contributed by atoms with Gasteiger partial charge < -0.3 is 19.6 Å². The van der Waals surface area contributed by atoms with Gasteiger partial charge in [-0.1, -0.05) is 0 Å². The molecule has 2 N–H and O–H groups in total. The van der Waals surface area contributed by atoms with E-state index < -0.39 is 5.91 Å². The minimum Gasteiger partial charge on any atom is -0.459 e. The lowest BCUT2D eigenvalue weighted by Crippen LogP contribution is -2.53. The van der Waals surface area contributed by atoms with Crippen molar-refractivity contribution in [2.24, 2.45) is 5.92 Å². The third-order valence-corrected chi connectivity index (χ3v) is 3.62. The van der Waals surface area contributed by atoms with Crippen LogP contribution in [-0.4, -0.2) is 46.3 Å². The van der Waals surface area contributed by atoms with Gasteiger partial charge in [0, 0.05) is 31.6 Å². The number of furan rings is 1. The number of nitrogens with zero attached hydrogens (tertiary/aromatic N) is 2. The molecule has 0 aromatic carbocycles. The van der Waals surface area contributed by atoms with Crippen LogP contribution in [0.25, 0.3) is 0 Å². The Morgan fingerprint density at radius 3 is 2.91 bits per heavy atom. The average molecular weight is 316 g/mol. The quantitative estimate of drug-likeness (QED) is 0.836. The van der Waals surface area contributed by atoms with Gasteiger partial charge in [-0.05, 0) is 19.1 Å². The Morgan fingerprint density at radius 1 is 1.48 bits per heavy atom. The Kier molecular flexibility index (Phi) is 3.96. The topological polar surface area (TPSA) is 108 Å². The van der Waals surface area contributed by atoms with Gasteiger partial charge >= 0.3 is 0 Å². The van der Waals surface area contributed by atoms with E-state index in [-0.39, 0.29) is 23.1 Å². The van der Waals surface area contributed by atoms with Crippen molar-refractivity contribution in [2.75, 3.05) is 19.6 Å². The van der Waals surface area contributed by atoms with Crippen LogP contribution >= 0.6 is 0 Å². The number of aromatic nitrogens is 2. The predicted molar refractivity (Wildman–Crippen MR) is 80.0 cm³/mol. The van der Waals surface area contributed by atoms with Crippen molar-refractivity contribution >= 4 is 11.8 Å². The summed E-state index contributed by atoms with van der Waals surface area (Å²) < 4.78 is 5.06. The molecule has 8 heteroatoms. The number of aromatic amines is 1. The summed E-state index contributed by atoms with van der Waals surface area (Å²) in [5.74, 6) is 0.345. The molecule has 0 unspecified atom stereocenters. The van der Waals surface area contributed by atoms with Gasteiger partial charge in [0.1, 0.15) is 11.5 Å². The molecule has 8 nitrogen and oxygen atoms in total. The van der Waals surface area contributed by atoms with Crippen LogP contribution in [0.3, 0.4) is 0 Å². The van der Waals surface area contributed by atoms with Crippen LogP contribution in [0.1, 0.15) is 26.9 Å². The molecule has 3 rings (SSSR count). The highest BCUT2D eigenvalue weighted by atomic mass is 16.3. The van der Waals surface area contributed by atoms with Crippen LogP contribution < -0.4 is 10.9 Å². The van der Waals surface area contributed by atoms with Gasteiger partial charge in [-0.15, -0.1) is 0 Å². The lowest BCUT2D eigenvalue weighted by molar-refractivity contribution is 0.0466. The fraction of sp³-hybridized carbons (Fsp3) is 0.333. The van der Waals surface area contributed by atoms with Gasteiger partial charge in [-0.25, -0.2) is 4.98 Å². The van der Waals surface area contributed by atoms with E-state index in [0.29, 0.717) is 31.2 Å². The van der Waals surface area contributed by atoms with Crippen molar-refractivity contribution in [1.82, 2.24) is 20.2 Å². The second-order valence-electron chi connectivity index (χ2n) is 5.48. The number of carbonyl (C=O) groups is 2. The third kappa shape index (κ3) is 3.31. The second kappa shape index (κ2) is 6.07. The largest absolute Gasteiger partial charge is 0.459 e. The number of nitrogens with one attached hydrogen (secondary N) is 2. The van der Waals surface area contributed by atoms with E-state index in [4.69, 9.17) is 4.42 Å². The Morgan fingerprint density at radius 2 is 2.26 bits per heavy atom. The maximum atomic E-state index is 12.0. The molecule has 1 aliphatic rings. The molecule has 1 fully saturated rings. The van der Waals surface area contributed by atoms with E-state index in [0.717, 1.165) is 6.07 Å². The predicted octanol–water partition coefficient (Wildman–Crippen LogP) is 0.173. The molecule has 3 heterocycles. The number of H-pyrrole nitrogens is 1. The minimum atomic E-state index is -0.394. The summed E-state index contributed by atoms with van der Waals surface area (Å²) in [6, 6.07) is 4.45. The van der Waals surface area contributed by atoms with Gasteiger partial charge in [0.25, 0.3) is 17.4 Å². The minimum absolute atomic E-state index is 0.0918. The second-order valence-corrected chi connectivity index (χ2v) is 5.48. The van der Waals surface area contributed by atoms with E-state index in [1.807, 2.05) is 0 Å². The Labute approximate surface area is 131 Å². The number of amides is 2. The molecule has 0 aliphatic carbocycles. The smallest absolute Gasteiger partial charge is 0.289 e. The number of rotatable bonds is 4. The monoisotopic (exact) mass is 316 g/mol. The Hall–Kier alpha value is -2.90. The van der Waals surface area contributed by atoms with E-state index in [2.05, 4.69) is 15.3 Å². The summed E-state index contributed by atoms with van der Waals surface area (Å²) in [4.78, 5) is 43.4. The summed E-state index contributed by atoms with van der Waals surface area (Å²) in [5.41, 5.74) is -0.268. The zero-order valence-electron chi connectivity index (χ0n) is 12.5. The van der Waals surface area contributed by atoms with Gasteiger partial charge in [-0.2, -0.15) is 0 Å². The molecule has 2 aromatic rings. The van der Waals surface area contributed by atoms with Crippen LogP contribution in [0.4, 0.5) is 0 Å². The Bertz CT molecular complexity index is 775. The molecule has 0 radical (unpaired) electrons. The maximum Gasteiger partial charge on any atom is 0.289 e. The highest BCUT2D eigenvalue weighted by Crippen LogP contribution is 2.18. The molecule has 23 heavy (non-hydrogen) atoms. The highest BCUT2D eigenvalue weighted by Gasteiger charge is 2.32. The number of carbonyl (C=O) groups excluding carboxylic acids is 2. The number of aryl methyl sites for hydroxylation is 1. The first-order chi connectivity index (χ1) is 11.0. The molecule has 0 bridgehead atoms. The summed E-state index contributed by atoms with van der Waals surface area (Å²) in [6.07, 6.45) is 1.46. The third-order valence-electron chi connectivity index (χ3n) is 3.62. The molecular formula is C15H16N4O4. The van der Waals surface area contributed by atoms with Crippen LogP contribution in [-0.2, 0) is 0 Å². The van der Waals surface area contributed by atoms with Crippen molar-refractivity contribution in [2.45, 2.75) is 6.92 Å². The van der Waals surface area contributed by atoms with E-state index in [1.165, 1.54) is 6.26 Å². The fourth-order valence-corrected chi connectivity index (χ4v) is 2.44.